The first-order valence-electron chi connectivity index (χ1n) is 10.3. The Hall–Kier alpha value is -4.31. The molecule has 0 fully saturated rings. The number of benzene rings is 2. The molecule has 7 nitrogen and oxygen atoms in total. The van der Waals surface area contributed by atoms with Crippen LogP contribution in [0, 0.1) is 32.1 Å². The van der Waals surface area contributed by atoms with Crippen LogP contribution in [0.2, 0.25) is 0 Å². The number of nitrogens with zero attached hydrogens (tertiary/aromatic N) is 2. The molecule has 0 bridgehead atoms. The number of carbonyl (C=O) groups is 1. The lowest BCUT2D eigenvalue weighted by Gasteiger charge is -2.15. The van der Waals surface area contributed by atoms with Crippen molar-refractivity contribution >= 4 is 16.8 Å². The summed E-state index contributed by atoms with van der Waals surface area (Å²) in [5, 5.41) is 21.5. The van der Waals surface area contributed by atoms with E-state index in [1.54, 1.807) is 44.4 Å². The number of furan rings is 1. The van der Waals surface area contributed by atoms with Crippen LogP contribution in [0.1, 0.15) is 43.9 Å². The third-order valence-electron chi connectivity index (χ3n) is 5.82. The molecule has 0 atom stereocenters. The van der Waals surface area contributed by atoms with Crippen molar-refractivity contribution in [3.05, 3.63) is 92.0 Å². The fourth-order valence-electron chi connectivity index (χ4n) is 3.95. The molecule has 2 aromatic heterocycles. The molecule has 0 aliphatic heterocycles. The zero-order chi connectivity index (χ0) is 23.9. The van der Waals surface area contributed by atoms with Crippen molar-refractivity contribution in [1.82, 2.24) is 4.57 Å². The fraction of sp³-hybridized carbons (Fsp3) is 0.192. The van der Waals surface area contributed by atoms with Gasteiger partial charge >= 0.3 is 0 Å². The van der Waals surface area contributed by atoms with Crippen molar-refractivity contribution in [2.75, 3.05) is 7.11 Å². The highest BCUT2D eigenvalue weighted by Crippen LogP contribution is 2.32. The third-order valence-corrected chi connectivity index (χ3v) is 5.82. The maximum Gasteiger partial charge on any atom is 0.271 e. The number of rotatable bonds is 5. The lowest BCUT2D eigenvalue weighted by molar-refractivity contribution is 0.101. The Balaban J connectivity index is 1.89. The molecule has 33 heavy (non-hydrogen) atoms. The average molecular weight is 442 g/mol. The summed E-state index contributed by atoms with van der Waals surface area (Å²) < 4.78 is 12.0. The molecule has 0 spiro atoms. The summed E-state index contributed by atoms with van der Waals surface area (Å²) in [7, 11) is 1.55. The Kier molecular flexibility index (Phi) is 5.52. The average Bonchev–Trinajstić information content (AvgIpc) is 3.13. The molecule has 2 aromatic carbocycles. The van der Waals surface area contributed by atoms with Crippen LogP contribution in [0.25, 0.3) is 11.0 Å². The van der Waals surface area contributed by atoms with Crippen molar-refractivity contribution in [3.63, 3.8) is 0 Å². The largest absolute Gasteiger partial charge is 0.497 e. The number of fused-ring (bicyclic) bond motifs is 1. The predicted octanol–water partition coefficient (Wildman–Crippen LogP) is 4.38. The molecule has 0 aliphatic rings. The summed E-state index contributed by atoms with van der Waals surface area (Å²) in [4.78, 5) is 26.5. The van der Waals surface area contributed by atoms with Gasteiger partial charge in [0, 0.05) is 10.9 Å². The summed E-state index contributed by atoms with van der Waals surface area (Å²) in [6, 6.07) is 14.4. The first-order chi connectivity index (χ1) is 15.8. The lowest BCUT2D eigenvalue weighted by atomic mass is 9.98. The number of methoxy groups -OCH3 is 1. The summed E-state index contributed by atoms with van der Waals surface area (Å²) >= 11 is 0. The molecule has 0 aliphatic carbocycles. The van der Waals surface area contributed by atoms with E-state index in [0.717, 1.165) is 15.5 Å². The van der Waals surface area contributed by atoms with Crippen LogP contribution in [-0.2, 0) is 6.54 Å². The number of aromatic nitrogens is 1. The van der Waals surface area contributed by atoms with E-state index in [-0.39, 0.29) is 29.0 Å². The van der Waals surface area contributed by atoms with Crippen LogP contribution in [-0.4, -0.2) is 22.6 Å². The summed E-state index contributed by atoms with van der Waals surface area (Å²) in [6.45, 7) is 5.16. The summed E-state index contributed by atoms with van der Waals surface area (Å²) in [5.41, 5.74) is 2.00. The highest BCUT2D eigenvalue weighted by atomic mass is 16.5. The maximum absolute atomic E-state index is 13.5. The van der Waals surface area contributed by atoms with Crippen LogP contribution in [0.4, 0.5) is 0 Å². The normalized spacial score (nSPS) is 10.9. The van der Waals surface area contributed by atoms with Gasteiger partial charge in [0.15, 0.2) is 5.76 Å². The Bertz CT molecular complexity index is 1500. The molecule has 166 valence electrons. The van der Waals surface area contributed by atoms with E-state index in [1.165, 1.54) is 6.92 Å². The lowest BCUT2D eigenvalue weighted by Crippen LogP contribution is -2.27. The first kappa shape index (κ1) is 21.9. The van der Waals surface area contributed by atoms with E-state index in [4.69, 9.17) is 9.15 Å². The molecule has 0 amide bonds. The van der Waals surface area contributed by atoms with Crippen molar-refractivity contribution in [3.8, 4) is 17.7 Å². The molecular weight excluding hydrogens is 420 g/mol. The van der Waals surface area contributed by atoms with E-state index < -0.39 is 17.2 Å². The molecule has 0 saturated heterocycles. The van der Waals surface area contributed by atoms with Crippen LogP contribution in [0.15, 0.2) is 51.7 Å². The smallest absolute Gasteiger partial charge is 0.271 e. The monoisotopic (exact) mass is 442 g/mol. The van der Waals surface area contributed by atoms with Gasteiger partial charge in [-0.2, -0.15) is 5.26 Å². The Labute approximate surface area is 190 Å². The number of hydrogen-bond donors (Lipinski definition) is 1. The summed E-state index contributed by atoms with van der Waals surface area (Å²) in [6.07, 6.45) is 0. The van der Waals surface area contributed by atoms with Gasteiger partial charge in [-0.1, -0.05) is 23.8 Å². The molecule has 0 radical (unpaired) electrons. The number of ether oxygens (including phenoxy) is 1. The van der Waals surface area contributed by atoms with Gasteiger partial charge in [-0.3, -0.25) is 14.2 Å². The minimum absolute atomic E-state index is 0.0256. The van der Waals surface area contributed by atoms with Gasteiger partial charge in [-0.15, -0.1) is 0 Å². The molecule has 0 unspecified atom stereocenters. The van der Waals surface area contributed by atoms with Gasteiger partial charge in [0.25, 0.3) is 5.56 Å². The molecule has 4 rings (SSSR count). The van der Waals surface area contributed by atoms with Crippen molar-refractivity contribution in [2.45, 2.75) is 27.3 Å². The molecular formula is C26H22N2O5. The first-order valence-corrected chi connectivity index (χ1v) is 10.3. The van der Waals surface area contributed by atoms with Gasteiger partial charge in [0.1, 0.15) is 23.0 Å². The Morgan fingerprint density at radius 2 is 1.82 bits per heavy atom. The van der Waals surface area contributed by atoms with E-state index in [2.05, 4.69) is 0 Å². The van der Waals surface area contributed by atoms with Crippen LogP contribution in [0.5, 0.6) is 11.6 Å². The minimum atomic E-state index is -0.670. The van der Waals surface area contributed by atoms with E-state index in [1.807, 2.05) is 25.1 Å². The number of aryl methyl sites for hydroxylation is 2. The minimum Gasteiger partial charge on any atom is -0.497 e. The predicted molar refractivity (Wildman–Crippen MR) is 123 cm³/mol. The highest BCUT2D eigenvalue weighted by Gasteiger charge is 2.28. The SMILES string of the molecule is COc1ccc(Cn2c(O)c(C(=O)c3oc4ccc(C)cc4c3C)c(C)c(C#N)c2=O)cc1. The third kappa shape index (κ3) is 3.66. The number of ketones is 1. The maximum atomic E-state index is 13.5. The van der Waals surface area contributed by atoms with Crippen molar-refractivity contribution in [2.24, 2.45) is 0 Å². The number of carbonyl (C=O) groups excluding carboxylic acids is 1. The van der Waals surface area contributed by atoms with Crippen LogP contribution < -0.4 is 10.3 Å². The standard InChI is InChI=1S/C26H22N2O5/c1-14-5-10-21-19(11-14)16(3)24(33-21)23(29)22-15(2)20(12-27)25(30)28(26(22)31)13-17-6-8-18(32-4)9-7-17/h5-11,31H,13H2,1-4H3. The number of aromatic hydroxyl groups is 1. The second-order valence-corrected chi connectivity index (χ2v) is 7.93. The van der Waals surface area contributed by atoms with Gasteiger partial charge < -0.3 is 14.3 Å². The zero-order valence-corrected chi connectivity index (χ0v) is 18.7. The van der Waals surface area contributed by atoms with Gasteiger partial charge in [0.05, 0.1) is 19.2 Å². The van der Waals surface area contributed by atoms with Gasteiger partial charge in [-0.25, -0.2) is 0 Å². The van der Waals surface area contributed by atoms with Gasteiger partial charge in [-0.05, 0) is 56.2 Å². The van der Waals surface area contributed by atoms with Crippen LogP contribution in [0.3, 0.4) is 0 Å². The quantitative estimate of drug-likeness (QED) is 0.460. The Morgan fingerprint density at radius 1 is 1.12 bits per heavy atom. The van der Waals surface area contributed by atoms with Crippen molar-refractivity contribution < 1.29 is 19.1 Å². The molecule has 2 heterocycles. The second kappa shape index (κ2) is 8.32. The van der Waals surface area contributed by atoms with E-state index in [0.29, 0.717) is 22.5 Å². The number of hydrogen-bond acceptors (Lipinski definition) is 6. The van der Waals surface area contributed by atoms with E-state index in [9.17, 15) is 20.0 Å². The van der Waals surface area contributed by atoms with E-state index >= 15 is 0 Å². The summed E-state index contributed by atoms with van der Waals surface area (Å²) in [5.74, 6) is -0.388. The van der Waals surface area contributed by atoms with Crippen molar-refractivity contribution in [1.29, 1.82) is 5.26 Å². The number of nitriles is 1. The second-order valence-electron chi connectivity index (χ2n) is 7.93. The molecule has 4 aromatic rings. The molecule has 7 heteroatoms. The van der Waals surface area contributed by atoms with Gasteiger partial charge in [0.2, 0.25) is 11.7 Å². The number of pyridine rings is 1. The highest BCUT2D eigenvalue weighted by molar-refractivity contribution is 6.12. The molecule has 1 N–H and O–H groups in total. The Morgan fingerprint density at radius 3 is 2.45 bits per heavy atom. The topological polar surface area (TPSA) is 105 Å². The van der Waals surface area contributed by atoms with Crippen LogP contribution >= 0.6 is 0 Å². The molecule has 0 saturated carbocycles. The fourth-order valence-corrected chi connectivity index (χ4v) is 3.95. The zero-order valence-electron chi connectivity index (χ0n) is 18.7.